The molecule has 0 bridgehead atoms. The summed E-state index contributed by atoms with van der Waals surface area (Å²) in [5.41, 5.74) is 1.09. The first kappa shape index (κ1) is 12.4. The molecule has 1 rings (SSSR count). The van der Waals surface area contributed by atoms with Crippen LogP contribution in [0, 0.1) is 0 Å². The van der Waals surface area contributed by atoms with Gasteiger partial charge in [-0.25, -0.2) is 4.79 Å². The van der Waals surface area contributed by atoms with Crippen LogP contribution in [0.3, 0.4) is 0 Å². The number of aliphatic imine (C=N–C) groups is 1. The summed E-state index contributed by atoms with van der Waals surface area (Å²) in [4.78, 5) is 15.7. The van der Waals surface area contributed by atoms with Gasteiger partial charge in [0, 0.05) is 6.42 Å². The van der Waals surface area contributed by atoms with Crippen LogP contribution in [0.25, 0.3) is 0 Å². The van der Waals surface area contributed by atoms with Crippen molar-refractivity contribution in [3.63, 3.8) is 0 Å². The Morgan fingerprint density at radius 1 is 1.44 bits per heavy atom. The van der Waals surface area contributed by atoms with Crippen LogP contribution in [0.15, 0.2) is 35.3 Å². The van der Waals surface area contributed by atoms with E-state index in [9.17, 15) is 4.79 Å². The van der Waals surface area contributed by atoms with E-state index in [0.717, 1.165) is 5.56 Å². The first-order valence-electron chi connectivity index (χ1n) is 5.46. The van der Waals surface area contributed by atoms with Crippen molar-refractivity contribution in [3.05, 3.63) is 35.9 Å². The molecule has 0 unspecified atom stereocenters. The molecular formula is C13H17NO2. The number of nitrogens with zero attached hydrogens (tertiary/aromatic N) is 1. The smallest absolute Gasteiger partial charge is 0.331 e. The average molecular weight is 219 g/mol. The van der Waals surface area contributed by atoms with Gasteiger partial charge in [-0.05, 0) is 25.6 Å². The number of benzene rings is 1. The molecule has 1 aromatic rings. The molecule has 0 saturated heterocycles. The van der Waals surface area contributed by atoms with E-state index in [4.69, 9.17) is 4.74 Å². The predicted molar refractivity (Wildman–Crippen MR) is 64.7 cm³/mol. The summed E-state index contributed by atoms with van der Waals surface area (Å²) in [5, 5.41) is 0. The maximum Gasteiger partial charge on any atom is 0.331 e. The second-order valence-electron chi connectivity index (χ2n) is 3.36. The Morgan fingerprint density at radius 3 is 2.69 bits per heavy atom. The Morgan fingerprint density at radius 2 is 2.12 bits per heavy atom. The van der Waals surface area contributed by atoms with E-state index in [2.05, 4.69) is 4.99 Å². The maximum atomic E-state index is 11.6. The normalized spacial score (nSPS) is 12.6. The van der Waals surface area contributed by atoms with E-state index in [1.165, 1.54) is 0 Å². The van der Waals surface area contributed by atoms with Gasteiger partial charge >= 0.3 is 5.97 Å². The van der Waals surface area contributed by atoms with Crippen molar-refractivity contribution in [3.8, 4) is 0 Å². The van der Waals surface area contributed by atoms with Crippen molar-refractivity contribution in [2.45, 2.75) is 26.3 Å². The summed E-state index contributed by atoms with van der Waals surface area (Å²) in [5.74, 6) is -0.260. The van der Waals surface area contributed by atoms with E-state index in [1.54, 1.807) is 20.1 Å². The Balaban J connectivity index is 2.68. The monoisotopic (exact) mass is 219 g/mol. The number of carbonyl (C=O) groups is 1. The second kappa shape index (κ2) is 6.77. The van der Waals surface area contributed by atoms with Gasteiger partial charge in [-0.2, -0.15) is 0 Å². The molecule has 0 aliphatic heterocycles. The fourth-order valence-corrected chi connectivity index (χ4v) is 1.45. The zero-order valence-corrected chi connectivity index (χ0v) is 9.72. The van der Waals surface area contributed by atoms with Crippen molar-refractivity contribution in [2.75, 3.05) is 6.61 Å². The van der Waals surface area contributed by atoms with E-state index < -0.39 is 6.04 Å². The van der Waals surface area contributed by atoms with Gasteiger partial charge in [0.25, 0.3) is 0 Å². The van der Waals surface area contributed by atoms with Crippen LogP contribution in [-0.2, 0) is 16.0 Å². The highest BCUT2D eigenvalue weighted by atomic mass is 16.5. The van der Waals surface area contributed by atoms with Crippen LogP contribution >= 0.6 is 0 Å². The highest BCUT2D eigenvalue weighted by molar-refractivity contribution is 5.78. The Kier molecular flexibility index (Phi) is 5.26. The molecule has 0 amide bonds. The summed E-state index contributed by atoms with van der Waals surface area (Å²) in [7, 11) is 0. The Labute approximate surface area is 96.2 Å². The molecule has 3 nitrogen and oxygen atoms in total. The number of ether oxygens (including phenoxy) is 1. The highest BCUT2D eigenvalue weighted by Crippen LogP contribution is 2.07. The third-order valence-corrected chi connectivity index (χ3v) is 2.16. The standard InChI is InChI=1S/C13H17NO2/c1-3-14-12(13(15)16-4-2)10-11-8-6-5-7-9-11/h3,5-9,12H,4,10H2,1-2H3/t12-/m0/s1. The maximum absolute atomic E-state index is 11.6. The van der Waals surface area contributed by atoms with Gasteiger partial charge in [0.15, 0.2) is 6.04 Å². The molecule has 0 spiro atoms. The zero-order chi connectivity index (χ0) is 11.8. The Bertz CT molecular complexity index is 346. The topological polar surface area (TPSA) is 38.7 Å². The van der Waals surface area contributed by atoms with Crippen molar-refractivity contribution in [1.29, 1.82) is 0 Å². The van der Waals surface area contributed by atoms with Crippen molar-refractivity contribution in [1.82, 2.24) is 0 Å². The molecule has 16 heavy (non-hydrogen) atoms. The quantitative estimate of drug-likeness (QED) is 0.562. The lowest BCUT2D eigenvalue weighted by Crippen LogP contribution is -2.24. The van der Waals surface area contributed by atoms with Gasteiger partial charge in [-0.1, -0.05) is 30.3 Å². The lowest BCUT2D eigenvalue weighted by molar-refractivity contribution is -0.144. The largest absolute Gasteiger partial charge is 0.464 e. The number of hydrogen-bond acceptors (Lipinski definition) is 3. The zero-order valence-electron chi connectivity index (χ0n) is 9.72. The lowest BCUT2D eigenvalue weighted by atomic mass is 10.1. The number of hydrogen-bond donors (Lipinski definition) is 0. The van der Waals surface area contributed by atoms with Gasteiger partial charge in [0.2, 0.25) is 0 Å². The molecule has 3 heteroatoms. The van der Waals surface area contributed by atoms with Crippen molar-refractivity contribution < 1.29 is 9.53 Å². The fraction of sp³-hybridized carbons (Fsp3) is 0.385. The lowest BCUT2D eigenvalue weighted by Gasteiger charge is -2.10. The molecular weight excluding hydrogens is 202 g/mol. The third kappa shape index (κ3) is 3.85. The molecule has 0 aromatic heterocycles. The summed E-state index contributed by atoms with van der Waals surface area (Å²) < 4.78 is 4.98. The van der Waals surface area contributed by atoms with E-state index >= 15 is 0 Å². The Hall–Kier alpha value is -1.64. The van der Waals surface area contributed by atoms with E-state index in [-0.39, 0.29) is 5.97 Å². The minimum Gasteiger partial charge on any atom is -0.464 e. The fourth-order valence-electron chi connectivity index (χ4n) is 1.45. The van der Waals surface area contributed by atoms with Crippen molar-refractivity contribution >= 4 is 12.2 Å². The molecule has 1 atom stereocenters. The first-order valence-corrected chi connectivity index (χ1v) is 5.46. The highest BCUT2D eigenvalue weighted by Gasteiger charge is 2.17. The molecule has 0 N–H and O–H groups in total. The minimum atomic E-state index is -0.424. The predicted octanol–water partition coefficient (Wildman–Crippen LogP) is 2.25. The van der Waals surface area contributed by atoms with Gasteiger partial charge in [0.1, 0.15) is 0 Å². The number of esters is 1. The average Bonchev–Trinajstić information content (AvgIpc) is 2.30. The molecule has 0 aliphatic rings. The molecule has 86 valence electrons. The minimum absolute atomic E-state index is 0.260. The molecule has 0 saturated carbocycles. The van der Waals surface area contributed by atoms with E-state index in [1.807, 2.05) is 30.3 Å². The van der Waals surface area contributed by atoms with Crippen LogP contribution in [0.1, 0.15) is 19.4 Å². The summed E-state index contributed by atoms with van der Waals surface area (Å²) >= 11 is 0. The summed E-state index contributed by atoms with van der Waals surface area (Å²) in [6, 6.07) is 9.40. The molecule has 1 aromatic carbocycles. The summed E-state index contributed by atoms with van der Waals surface area (Å²) in [6.07, 6.45) is 2.23. The van der Waals surface area contributed by atoms with Gasteiger partial charge in [-0.3, -0.25) is 4.99 Å². The third-order valence-electron chi connectivity index (χ3n) is 2.16. The second-order valence-corrected chi connectivity index (χ2v) is 3.36. The van der Waals surface area contributed by atoms with Crippen LogP contribution < -0.4 is 0 Å². The van der Waals surface area contributed by atoms with Gasteiger partial charge in [-0.15, -0.1) is 0 Å². The number of rotatable bonds is 5. The SMILES string of the molecule is CC=N[C@@H](Cc1ccccc1)C(=O)OCC. The van der Waals surface area contributed by atoms with Crippen LogP contribution in [0.4, 0.5) is 0 Å². The van der Waals surface area contributed by atoms with Crippen LogP contribution in [0.5, 0.6) is 0 Å². The van der Waals surface area contributed by atoms with Gasteiger partial charge in [0.05, 0.1) is 6.61 Å². The van der Waals surface area contributed by atoms with Crippen molar-refractivity contribution in [2.24, 2.45) is 4.99 Å². The van der Waals surface area contributed by atoms with Gasteiger partial charge < -0.3 is 4.74 Å². The van der Waals surface area contributed by atoms with Crippen LogP contribution in [0.2, 0.25) is 0 Å². The van der Waals surface area contributed by atoms with E-state index in [0.29, 0.717) is 13.0 Å². The number of carbonyl (C=O) groups excluding carboxylic acids is 1. The molecule has 0 heterocycles. The first-order chi connectivity index (χ1) is 7.77. The molecule has 0 aliphatic carbocycles. The molecule has 0 radical (unpaired) electrons. The molecule has 0 fully saturated rings. The summed E-state index contributed by atoms with van der Waals surface area (Å²) in [6.45, 7) is 3.99. The van der Waals surface area contributed by atoms with Crippen LogP contribution in [-0.4, -0.2) is 24.8 Å².